The molecule has 1 heterocycles. The summed E-state index contributed by atoms with van der Waals surface area (Å²) in [5.41, 5.74) is 2.71. The summed E-state index contributed by atoms with van der Waals surface area (Å²) >= 11 is 11.7. The minimum absolute atomic E-state index is 0.0203. The molecule has 0 aromatic heterocycles. The highest BCUT2D eigenvalue weighted by Crippen LogP contribution is 2.19. The molecule has 2 rings (SSSR count). The van der Waals surface area contributed by atoms with Gasteiger partial charge in [-0.05, 0) is 25.0 Å². The Balaban J connectivity index is 1.78. The van der Waals surface area contributed by atoms with Crippen LogP contribution in [0.3, 0.4) is 0 Å². The van der Waals surface area contributed by atoms with Crippen molar-refractivity contribution in [3.05, 3.63) is 33.8 Å². The smallest absolute Gasteiger partial charge is 0.329 e. The quantitative estimate of drug-likeness (QED) is 0.496. The Morgan fingerprint density at radius 1 is 1.36 bits per heavy atom. The SMILES string of the molecule is O=C(NC[C@H]1CCCO1)C(=O)N/N=C\c1ccc(Cl)cc1Cl. The molecule has 0 bridgehead atoms. The number of amides is 2. The van der Waals surface area contributed by atoms with Gasteiger partial charge >= 0.3 is 11.8 Å². The van der Waals surface area contributed by atoms with Crippen molar-refractivity contribution in [2.24, 2.45) is 5.10 Å². The van der Waals surface area contributed by atoms with E-state index < -0.39 is 11.8 Å². The molecule has 0 radical (unpaired) electrons. The molecule has 2 N–H and O–H groups in total. The fourth-order valence-electron chi connectivity index (χ4n) is 1.91. The van der Waals surface area contributed by atoms with Crippen LogP contribution in [0.1, 0.15) is 18.4 Å². The zero-order valence-corrected chi connectivity index (χ0v) is 13.2. The van der Waals surface area contributed by atoms with Crippen molar-refractivity contribution in [2.45, 2.75) is 18.9 Å². The lowest BCUT2D eigenvalue weighted by Crippen LogP contribution is -2.41. The average molecular weight is 344 g/mol. The van der Waals surface area contributed by atoms with Crippen LogP contribution in [0.15, 0.2) is 23.3 Å². The molecule has 0 aliphatic carbocycles. The summed E-state index contributed by atoms with van der Waals surface area (Å²) < 4.78 is 5.34. The number of ether oxygens (including phenoxy) is 1. The lowest BCUT2D eigenvalue weighted by atomic mass is 10.2. The minimum Gasteiger partial charge on any atom is -0.376 e. The molecule has 0 spiro atoms. The Hall–Kier alpha value is -1.63. The molecule has 118 valence electrons. The molecular weight excluding hydrogens is 329 g/mol. The molecule has 1 aromatic rings. The summed E-state index contributed by atoms with van der Waals surface area (Å²) in [5.74, 6) is -1.60. The molecule has 6 nitrogen and oxygen atoms in total. The van der Waals surface area contributed by atoms with E-state index >= 15 is 0 Å². The number of halogens is 2. The van der Waals surface area contributed by atoms with Crippen molar-refractivity contribution in [1.82, 2.24) is 10.7 Å². The Morgan fingerprint density at radius 2 is 2.18 bits per heavy atom. The third-order valence-electron chi connectivity index (χ3n) is 3.05. The van der Waals surface area contributed by atoms with E-state index in [-0.39, 0.29) is 6.10 Å². The first-order valence-corrected chi connectivity index (χ1v) is 7.50. The summed E-state index contributed by atoms with van der Waals surface area (Å²) in [5, 5.41) is 7.08. The van der Waals surface area contributed by atoms with Crippen LogP contribution >= 0.6 is 23.2 Å². The first kappa shape index (κ1) is 16.7. The Kier molecular flexibility index (Phi) is 6.18. The van der Waals surface area contributed by atoms with Crippen molar-refractivity contribution in [3.63, 3.8) is 0 Å². The van der Waals surface area contributed by atoms with Crippen LogP contribution in [0.2, 0.25) is 10.0 Å². The topological polar surface area (TPSA) is 79.8 Å². The Morgan fingerprint density at radius 3 is 2.86 bits per heavy atom. The molecule has 2 amide bonds. The first-order valence-electron chi connectivity index (χ1n) is 6.74. The van der Waals surface area contributed by atoms with Crippen LogP contribution in [0.5, 0.6) is 0 Å². The van der Waals surface area contributed by atoms with Crippen molar-refractivity contribution in [2.75, 3.05) is 13.2 Å². The van der Waals surface area contributed by atoms with E-state index in [0.29, 0.717) is 28.8 Å². The van der Waals surface area contributed by atoms with E-state index in [0.717, 1.165) is 12.8 Å². The molecule has 1 fully saturated rings. The van der Waals surface area contributed by atoms with Gasteiger partial charge in [-0.3, -0.25) is 9.59 Å². The van der Waals surface area contributed by atoms with Crippen molar-refractivity contribution >= 4 is 41.2 Å². The number of hydrogen-bond donors (Lipinski definition) is 2. The van der Waals surface area contributed by atoms with Gasteiger partial charge in [0.2, 0.25) is 0 Å². The highest BCUT2D eigenvalue weighted by atomic mass is 35.5. The van der Waals surface area contributed by atoms with Gasteiger partial charge in [0.05, 0.1) is 17.3 Å². The second kappa shape index (κ2) is 8.12. The van der Waals surface area contributed by atoms with Crippen LogP contribution in [0, 0.1) is 0 Å². The Labute approximate surface area is 137 Å². The standard InChI is InChI=1S/C14H15Cl2N3O3/c15-10-4-3-9(12(16)6-10)7-18-19-14(21)13(20)17-8-11-2-1-5-22-11/h3-4,6-7,11H,1-2,5,8H2,(H,17,20)(H,19,21)/b18-7-/t11-/m1/s1. The normalized spacial score (nSPS) is 17.6. The minimum atomic E-state index is -0.848. The van der Waals surface area contributed by atoms with Crippen molar-refractivity contribution in [1.29, 1.82) is 0 Å². The van der Waals surface area contributed by atoms with Gasteiger partial charge in [-0.2, -0.15) is 5.10 Å². The van der Waals surface area contributed by atoms with Gasteiger partial charge < -0.3 is 10.1 Å². The van der Waals surface area contributed by atoms with Crippen LogP contribution in [0.4, 0.5) is 0 Å². The van der Waals surface area contributed by atoms with E-state index in [1.54, 1.807) is 18.2 Å². The van der Waals surface area contributed by atoms with Crippen molar-refractivity contribution < 1.29 is 14.3 Å². The predicted octanol–water partition coefficient (Wildman–Crippen LogP) is 1.74. The zero-order valence-electron chi connectivity index (χ0n) is 11.6. The van der Waals surface area contributed by atoms with E-state index in [1.807, 2.05) is 0 Å². The molecule has 1 saturated heterocycles. The maximum Gasteiger partial charge on any atom is 0.329 e. The van der Waals surface area contributed by atoms with E-state index in [9.17, 15) is 9.59 Å². The number of hydrazone groups is 1. The molecule has 1 atom stereocenters. The van der Waals surface area contributed by atoms with Gasteiger partial charge in [0, 0.05) is 23.7 Å². The molecule has 8 heteroatoms. The van der Waals surface area contributed by atoms with E-state index in [4.69, 9.17) is 27.9 Å². The van der Waals surface area contributed by atoms with E-state index in [1.165, 1.54) is 6.21 Å². The number of carbonyl (C=O) groups excluding carboxylic acids is 2. The number of rotatable bonds is 4. The number of nitrogens with zero attached hydrogens (tertiary/aromatic N) is 1. The number of nitrogens with one attached hydrogen (secondary N) is 2. The van der Waals surface area contributed by atoms with E-state index in [2.05, 4.69) is 15.8 Å². The molecule has 1 aliphatic rings. The second-order valence-electron chi connectivity index (χ2n) is 4.71. The van der Waals surface area contributed by atoms with Crippen LogP contribution < -0.4 is 10.7 Å². The second-order valence-corrected chi connectivity index (χ2v) is 5.55. The maximum absolute atomic E-state index is 11.6. The maximum atomic E-state index is 11.6. The van der Waals surface area contributed by atoms with Crippen molar-refractivity contribution in [3.8, 4) is 0 Å². The third kappa shape index (κ3) is 4.98. The number of hydrogen-bond acceptors (Lipinski definition) is 4. The molecule has 1 aliphatic heterocycles. The fraction of sp³-hybridized carbons (Fsp3) is 0.357. The predicted molar refractivity (Wildman–Crippen MR) is 84.2 cm³/mol. The van der Waals surface area contributed by atoms with Crippen LogP contribution in [-0.2, 0) is 14.3 Å². The van der Waals surface area contributed by atoms with Gasteiger partial charge in [0.1, 0.15) is 0 Å². The summed E-state index contributed by atoms with van der Waals surface area (Å²) in [6.07, 6.45) is 3.17. The number of carbonyl (C=O) groups is 2. The van der Waals surface area contributed by atoms with Gasteiger partial charge in [0.25, 0.3) is 0 Å². The summed E-state index contributed by atoms with van der Waals surface area (Å²) in [6.45, 7) is 1.01. The molecule has 22 heavy (non-hydrogen) atoms. The summed E-state index contributed by atoms with van der Waals surface area (Å²) in [7, 11) is 0. The summed E-state index contributed by atoms with van der Waals surface area (Å²) in [6, 6.07) is 4.85. The third-order valence-corrected chi connectivity index (χ3v) is 3.62. The average Bonchev–Trinajstić information content (AvgIpc) is 3.00. The lowest BCUT2D eigenvalue weighted by molar-refractivity contribution is -0.139. The zero-order chi connectivity index (χ0) is 15.9. The highest BCUT2D eigenvalue weighted by Gasteiger charge is 2.18. The van der Waals surface area contributed by atoms with Gasteiger partial charge in [0.15, 0.2) is 0 Å². The number of benzene rings is 1. The van der Waals surface area contributed by atoms with Gasteiger partial charge in [-0.15, -0.1) is 0 Å². The Bertz CT molecular complexity index is 587. The molecule has 1 aromatic carbocycles. The molecule has 0 unspecified atom stereocenters. The monoisotopic (exact) mass is 343 g/mol. The summed E-state index contributed by atoms with van der Waals surface area (Å²) in [4.78, 5) is 23.1. The molecular formula is C14H15Cl2N3O3. The van der Waals surface area contributed by atoms with Crippen LogP contribution in [-0.4, -0.2) is 37.3 Å². The fourth-order valence-corrected chi connectivity index (χ4v) is 2.37. The first-order chi connectivity index (χ1) is 10.6. The van der Waals surface area contributed by atoms with Crippen LogP contribution in [0.25, 0.3) is 0 Å². The molecule has 0 saturated carbocycles. The van der Waals surface area contributed by atoms with Gasteiger partial charge in [-0.25, -0.2) is 5.43 Å². The lowest BCUT2D eigenvalue weighted by Gasteiger charge is -2.09. The highest BCUT2D eigenvalue weighted by molar-refractivity contribution is 6.36. The largest absolute Gasteiger partial charge is 0.376 e. The van der Waals surface area contributed by atoms with Gasteiger partial charge in [-0.1, -0.05) is 29.3 Å².